The van der Waals surface area contributed by atoms with Gasteiger partial charge in [-0.25, -0.2) is 8.42 Å². The highest BCUT2D eigenvalue weighted by Gasteiger charge is 2.31. The third-order valence-corrected chi connectivity index (χ3v) is 5.42. The first-order valence-electron chi connectivity index (χ1n) is 6.81. The number of rotatable bonds is 5. The van der Waals surface area contributed by atoms with Gasteiger partial charge in [0.2, 0.25) is 0 Å². The first-order chi connectivity index (χ1) is 9.09. The molecule has 1 aromatic rings. The molecular formula is C12H22N4O2S. The van der Waals surface area contributed by atoms with Crippen LogP contribution in [0.15, 0.2) is 17.3 Å². The third kappa shape index (κ3) is 2.98. The lowest BCUT2D eigenvalue weighted by Crippen LogP contribution is -2.42. The molecule has 1 aliphatic heterocycles. The molecule has 2 heterocycles. The molecule has 2 N–H and O–H groups in total. The van der Waals surface area contributed by atoms with Gasteiger partial charge in [0.25, 0.3) is 10.0 Å². The second-order valence-electron chi connectivity index (χ2n) is 5.00. The van der Waals surface area contributed by atoms with Crippen LogP contribution in [0.2, 0.25) is 0 Å². The van der Waals surface area contributed by atoms with Crippen LogP contribution < -0.4 is 5.73 Å². The zero-order valence-electron chi connectivity index (χ0n) is 11.3. The zero-order valence-corrected chi connectivity index (χ0v) is 12.1. The summed E-state index contributed by atoms with van der Waals surface area (Å²) in [5, 5.41) is 4.39. The summed E-state index contributed by atoms with van der Waals surface area (Å²) in [5.41, 5.74) is 5.67. The maximum Gasteiger partial charge on any atom is 0.260 e. The van der Waals surface area contributed by atoms with Gasteiger partial charge in [0.05, 0.1) is 6.20 Å². The lowest BCUT2D eigenvalue weighted by molar-refractivity contribution is 0.269. The molecule has 0 aliphatic carbocycles. The average Bonchev–Trinajstić information content (AvgIpc) is 2.88. The zero-order chi connectivity index (χ0) is 13.9. The van der Waals surface area contributed by atoms with Crippen molar-refractivity contribution >= 4 is 10.0 Å². The number of nitrogens with two attached hydrogens (primary N) is 1. The number of piperidine rings is 1. The van der Waals surface area contributed by atoms with E-state index in [0.29, 0.717) is 31.2 Å². The normalized spacial score (nSPS) is 21.7. The summed E-state index contributed by atoms with van der Waals surface area (Å²) in [6.07, 6.45) is 4.29. The SMILES string of the molecule is CCCn1nccc1S(=O)(=O)N1CCC[C@H](CN)C1. The molecule has 19 heavy (non-hydrogen) atoms. The Kier molecular flexibility index (Phi) is 4.59. The maximum atomic E-state index is 12.6. The number of sulfonamides is 1. The molecule has 0 radical (unpaired) electrons. The van der Waals surface area contributed by atoms with Crippen LogP contribution in [0.5, 0.6) is 0 Å². The molecular weight excluding hydrogens is 264 g/mol. The Hall–Kier alpha value is -0.920. The van der Waals surface area contributed by atoms with E-state index in [1.807, 2.05) is 6.92 Å². The van der Waals surface area contributed by atoms with Gasteiger partial charge < -0.3 is 5.73 Å². The van der Waals surface area contributed by atoms with E-state index in [2.05, 4.69) is 5.10 Å². The molecule has 0 bridgehead atoms. The van der Waals surface area contributed by atoms with E-state index in [4.69, 9.17) is 5.73 Å². The van der Waals surface area contributed by atoms with Crippen molar-refractivity contribution in [2.75, 3.05) is 19.6 Å². The van der Waals surface area contributed by atoms with Crippen LogP contribution in [0, 0.1) is 5.92 Å². The highest BCUT2D eigenvalue weighted by molar-refractivity contribution is 7.89. The number of nitrogens with zero attached hydrogens (tertiary/aromatic N) is 3. The van der Waals surface area contributed by atoms with Gasteiger partial charge in [0.1, 0.15) is 0 Å². The highest BCUT2D eigenvalue weighted by Crippen LogP contribution is 2.23. The fourth-order valence-electron chi connectivity index (χ4n) is 2.49. The van der Waals surface area contributed by atoms with E-state index in [1.165, 1.54) is 0 Å². The Morgan fingerprint density at radius 3 is 3.00 bits per heavy atom. The summed E-state index contributed by atoms with van der Waals surface area (Å²) in [7, 11) is -3.44. The number of aromatic nitrogens is 2. The number of aryl methyl sites for hydroxylation is 1. The molecule has 0 unspecified atom stereocenters. The van der Waals surface area contributed by atoms with Crippen LogP contribution in [-0.4, -0.2) is 42.1 Å². The van der Waals surface area contributed by atoms with Gasteiger partial charge in [-0.1, -0.05) is 6.92 Å². The van der Waals surface area contributed by atoms with E-state index < -0.39 is 10.0 Å². The first kappa shape index (κ1) is 14.5. The van der Waals surface area contributed by atoms with Crippen molar-refractivity contribution in [3.8, 4) is 0 Å². The van der Waals surface area contributed by atoms with Gasteiger partial charge in [0, 0.05) is 19.6 Å². The third-order valence-electron chi connectivity index (χ3n) is 3.53. The Balaban J connectivity index is 2.23. The van der Waals surface area contributed by atoms with Crippen molar-refractivity contribution in [1.82, 2.24) is 14.1 Å². The van der Waals surface area contributed by atoms with E-state index >= 15 is 0 Å². The molecule has 0 aromatic carbocycles. The van der Waals surface area contributed by atoms with Crippen LogP contribution in [-0.2, 0) is 16.6 Å². The van der Waals surface area contributed by atoms with Crippen LogP contribution in [0.4, 0.5) is 0 Å². The largest absolute Gasteiger partial charge is 0.330 e. The van der Waals surface area contributed by atoms with Crippen molar-refractivity contribution in [2.24, 2.45) is 11.7 Å². The lowest BCUT2D eigenvalue weighted by Gasteiger charge is -2.31. The van der Waals surface area contributed by atoms with E-state index in [0.717, 1.165) is 19.3 Å². The standard InChI is InChI=1S/C12H22N4O2S/c1-2-7-16-12(5-6-14-16)19(17,18)15-8-3-4-11(9-13)10-15/h5-6,11H,2-4,7-10,13H2,1H3/t11-/m1/s1. The minimum Gasteiger partial charge on any atom is -0.330 e. The minimum atomic E-state index is -3.44. The van der Waals surface area contributed by atoms with Gasteiger partial charge in [-0.15, -0.1) is 0 Å². The van der Waals surface area contributed by atoms with Gasteiger partial charge in [-0.2, -0.15) is 9.40 Å². The van der Waals surface area contributed by atoms with Gasteiger partial charge in [-0.3, -0.25) is 4.68 Å². The molecule has 1 saturated heterocycles. The predicted octanol–water partition coefficient (Wildman–Crippen LogP) is 0.653. The second kappa shape index (κ2) is 6.02. The monoisotopic (exact) mass is 286 g/mol. The van der Waals surface area contributed by atoms with Crippen LogP contribution in [0.25, 0.3) is 0 Å². The first-order valence-corrected chi connectivity index (χ1v) is 8.25. The van der Waals surface area contributed by atoms with Crippen molar-refractivity contribution in [3.63, 3.8) is 0 Å². The predicted molar refractivity (Wildman–Crippen MR) is 73.1 cm³/mol. The summed E-state index contributed by atoms with van der Waals surface area (Å²) >= 11 is 0. The molecule has 2 rings (SSSR count). The summed E-state index contributed by atoms with van der Waals surface area (Å²) < 4.78 is 28.4. The summed E-state index contributed by atoms with van der Waals surface area (Å²) in [6, 6.07) is 1.58. The van der Waals surface area contributed by atoms with Crippen LogP contribution >= 0.6 is 0 Å². The molecule has 1 aromatic heterocycles. The molecule has 1 aliphatic rings. The second-order valence-corrected chi connectivity index (χ2v) is 6.88. The summed E-state index contributed by atoms with van der Waals surface area (Å²) in [6.45, 7) is 4.27. The molecule has 1 fully saturated rings. The quantitative estimate of drug-likeness (QED) is 0.862. The molecule has 108 valence electrons. The molecule has 6 nitrogen and oxygen atoms in total. The van der Waals surface area contributed by atoms with E-state index in [1.54, 1.807) is 21.3 Å². The molecule has 0 amide bonds. The smallest absolute Gasteiger partial charge is 0.260 e. The van der Waals surface area contributed by atoms with Crippen molar-refractivity contribution < 1.29 is 8.42 Å². The number of hydrogen-bond acceptors (Lipinski definition) is 4. The topological polar surface area (TPSA) is 81.2 Å². The number of hydrogen-bond donors (Lipinski definition) is 1. The van der Waals surface area contributed by atoms with Gasteiger partial charge >= 0.3 is 0 Å². The molecule has 7 heteroatoms. The van der Waals surface area contributed by atoms with Crippen LogP contribution in [0.3, 0.4) is 0 Å². The van der Waals surface area contributed by atoms with E-state index in [-0.39, 0.29) is 5.92 Å². The Morgan fingerprint density at radius 2 is 2.32 bits per heavy atom. The van der Waals surface area contributed by atoms with Gasteiger partial charge in [0.15, 0.2) is 5.03 Å². The van der Waals surface area contributed by atoms with Crippen molar-refractivity contribution in [1.29, 1.82) is 0 Å². The average molecular weight is 286 g/mol. The Morgan fingerprint density at radius 1 is 1.53 bits per heavy atom. The lowest BCUT2D eigenvalue weighted by atomic mass is 10.0. The van der Waals surface area contributed by atoms with Gasteiger partial charge in [-0.05, 0) is 37.8 Å². The molecule has 1 atom stereocenters. The maximum absolute atomic E-state index is 12.6. The van der Waals surface area contributed by atoms with Crippen molar-refractivity contribution in [2.45, 2.75) is 37.8 Å². The summed E-state index contributed by atoms with van der Waals surface area (Å²) in [4.78, 5) is 0. The minimum absolute atomic E-state index is 0.270. The van der Waals surface area contributed by atoms with Crippen LogP contribution in [0.1, 0.15) is 26.2 Å². The Labute approximate surface area is 114 Å². The molecule has 0 spiro atoms. The highest BCUT2D eigenvalue weighted by atomic mass is 32.2. The fraction of sp³-hybridized carbons (Fsp3) is 0.750. The van der Waals surface area contributed by atoms with E-state index in [9.17, 15) is 8.42 Å². The Bertz CT molecular complexity index is 512. The fourth-order valence-corrected chi connectivity index (χ4v) is 4.17. The molecule has 0 saturated carbocycles. The summed E-state index contributed by atoms with van der Waals surface area (Å²) in [5.74, 6) is 0.270. The van der Waals surface area contributed by atoms with Crippen molar-refractivity contribution in [3.05, 3.63) is 12.3 Å².